The Bertz CT molecular complexity index is 1150. The maximum atomic E-state index is 13.0. The van der Waals surface area contributed by atoms with Crippen LogP contribution in [0.2, 0.25) is 0 Å². The Kier molecular flexibility index (Phi) is 7.32. The lowest BCUT2D eigenvalue weighted by Gasteiger charge is -2.37. The predicted molar refractivity (Wildman–Crippen MR) is 138 cm³/mol. The maximum absolute atomic E-state index is 13.0. The molecule has 9 heteroatoms. The number of carbonyl (C=O) groups is 3. The van der Waals surface area contributed by atoms with Gasteiger partial charge in [-0.1, -0.05) is 42.3 Å². The largest absolute Gasteiger partial charge is 0.489 e. The summed E-state index contributed by atoms with van der Waals surface area (Å²) in [5.74, 6) is -0.236. The van der Waals surface area contributed by atoms with Crippen LogP contribution in [0.4, 0.5) is 0 Å². The molecular weight excluding hydrogens is 476 g/mol. The molecule has 1 N–H and O–H groups in total. The highest BCUT2D eigenvalue weighted by molar-refractivity contribution is 7.96. The number of rotatable bonds is 7. The van der Waals surface area contributed by atoms with Crippen LogP contribution >= 0.6 is 11.9 Å². The molecule has 2 atom stereocenters. The fourth-order valence-electron chi connectivity index (χ4n) is 5.23. The number of piperazine rings is 1. The molecule has 3 amide bonds. The summed E-state index contributed by atoms with van der Waals surface area (Å²) in [5, 5.41) is 2.34. The fourth-order valence-corrected chi connectivity index (χ4v) is 5.76. The van der Waals surface area contributed by atoms with Crippen molar-refractivity contribution < 1.29 is 19.1 Å². The number of nitrogens with zero attached hydrogens (tertiary/aromatic N) is 3. The van der Waals surface area contributed by atoms with Gasteiger partial charge in [0.15, 0.2) is 0 Å². The van der Waals surface area contributed by atoms with Gasteiger partial charge in [0.05, 0.1) is 6.54 Å². The Morgan fingerprint density at radius 2 is 1.81 bits per heavy atom. The van der Waals surface area contributed by atoms with Crippen molar-refractivity contribution in [1.82, 2.24) is 19.4 Å². The van der Waals surface area contributed by atoms with Gasteiger partial charge in [0.1, 0.15) is 18.4 Å². The zero-order chi connectivity index (χ0) is 25.2. The molecular formula is C27H32N4O4S. The molecule has 3 aliphatic heterocycles. The van der Waals surface area contributed by atoms with Gasteiger partial charge in [-0.3, -0.25) is 24.6 Å². The van der Waals surface area contributed by atoms with Crippen LogP contribution < -0.4 is 10.1 Å². The molecule has 2 aromatic rings. The number of imide groups is 1. The van der Waals surface area contributed by atoms with Crippen molar-refractivity contribution in [3.8, 4) is 5.75 Å². The van der Waals surface area contributed by atoms with Crippen LogP contribution in [0.5, 0.6) is 5.75 Å². The lowest BCUT2D eigenvalue weighted by atomic mass is 10.0. The van der Waals surface area contributed by atoms with Gasteiger partial charge in [-0.05, 0) is 42.9 Å². The second-order valence-corrected chi connectivity index (χ2v) is 10.4. The molecule has 0 aromatic heterocycles. The number of benzene rings is 2. The van der Waals surface area contributed by atoms with E-state index in [9.17, 15) is 14.4 Å². The van der Waals surface area contributed by atoms with Gasteiger partial charge < -0.3 is 9.64 Å². The Morgan fingerprint density at radius 1 is 1.06 bits per heavy atom. The highest BCUT2D eigenvalue weighted by Crippen LogP contribution is 2.34. The van der Waals surface area contributed by atoms with E-state index in [0.717, 1.165) is 37.3 Å². The van der Waals surface area contributed by atoms with Crippen LogP contribution in [0.25, 0.3) is 0 Å². The number of hydrogen-bond acceptors (Lipinski definition) is 7. The molecule has 0 radical (unpaired) electrons. The second kappa shape index (κ2) is 10.6. The Labute approximate surface area is 216 Å². The molecule has 2 fully saturated rings. The van der Waals surface area contributed by atoms with Crippen molar-refractivity contribution in [2.45, 2.75) is 45.0 Å². The molecule has 0 unspecified atom stereocenters. The van der Waals surface area contributed by atoms with E-state index < -0.39 is 11.9 Å². The highest BCUT2D eigenvalue weighted by atomic mass is 32.2. The van der Waals surface area contributed by atoms with Gasteiger partial charge in [-0.25, -0.2) is 4.31 Å². The highest BCUT2D eigenvalue weighted by Gasteiger charge is 2.40. The summed E-state index contributed by atoms with van der Waals surface area (Å²) < 4.78 is 8.56. The van der Waals surface area contributed by atoms with Crippen molar-refractivity contribution in [2.75, 3.05) is 32.4 Å². The minimum Gasteiger partial charge on any atom is -0.489 e. The Balaban J connectivity index is 1.21. The van der Waals surface area contributed by atoms with E-state index in [-0.39, 0.29) is 18.2 Å². The van der Waals surface area contributed by atoms with Crippen molar-refractivity contribution in [1.29, 1.82) is 0 Å². The molecule has 0 bridgehead atoms. The summed E-state index contributed by atoms with van der Waals surface area (Å²) in [5.41, 5.74) is 3.70. The van der Waals surface area contributed by atoms with Gasteiger partial charge in [0.2, 0.25) is 11.8 Å². The molecule has 3 heterocycles. The monoisotopic (exact) mass is 508 g/mol. The van der Waals surface area contributed by atoms with Crippen LogP contribution in [0.1, 0.15) is 52.9 Å². The van der Waals surface area contributed by atoms with Gasteiger partial charge in [0.25, 0.3) is 5.91 Å². The second-order valence-electron chi connectivity index (χ2n) is 9.54. The Morgan fingerprint density at radius 3 is 2.50 bits per heavy atom. The van der Waals surface area contributed by atoms with Gasteiger partial charge >= 0.3 is 0 Å². The number of carbonyl (C=O) groups excluding carboxylic acids is 3. The zero-order valence-electron chi connectivity index (χ0n) is 20.7. The van der Waals surface area contributed by atoms with Gasteiger partial charge in [-0.2, -0.15) is 0 Å². The van der Waals surface area contributed by atoms with Crippen LogP contribution in [0.3, 0.4) is 0 Å². The number of hydrogen-bond donors (Lipinski definition) is 1. The van der Waals surface area contributed by atoms with Crippen molar-refractivity contribution in [2.24, 2.45) is 0 Å². The normalized spacial score (nSPS) is 21.9. The topological polar surface area (TPSA) is 82.2 Å². The fraction of sp³-hybridized carbons (Fsp3) is 0.444. The maximum Gasteiger partial charge on any atom is 0.255 e. The molecule has 2 aromatic carbocycles. The molecule has 0 saturated carbocycles. The molecule has 8 nitrogen and oxygen atoms in total. The number of fused-ring (bicyclic) bond motifs is 1. The third-order valence-corrected chi connectivity index (χ3v) is 8.36. The zero-order valence-corrected chi connectivity index (χ0v) is 21.6. The summed E-state index contributed by atoms with van der Waals surface area (Å²) in [6, 6.07) is 13.7. The predicted octanol–water partition coefficient (Wildman–Crippen LogP) is 2.98. The quantitative estimate of drug-likeness (QED) is 0.455. The first-order valence-electron chi connectivity index (χ1n) is 12.5. The molecule has 5 rings (SSSR count). The number of amides is 3. The van der Waals surface area contributed by atoms with Crippen molar-refractivity contribution >= 4 is 29.7 Å². The Hall–Kier alpha value is -2.88. The SMILES string of the molecule is CSN1CCN([C@H](C)c2ccc(COc3cccc4c3CN([C@H]3CCC(=O)NC3=O)C4=O)cc2)CC1. The van der Waals surface area contributed by atoms with Crippen LogP contribution in [-0.2, 0) is 22.7 Å². The molecule has 0 spiro atoms. The standard InChI is InChI=1S/C27H32N4O4S/c1-18(29-12-14-30(36-2)15-13-29)20-8-6-19(7-9-20)17-35-24-5-3-4-21-22(24)16-31(27(21)34)23-10-11-25(32)28-26(23)33/h3-9,18,23H,10-17H2,1-2H3,(H,28,32,33)/t18-,23+/m1/s1. The van der Waals surface area contributed by atoms with Crippen molar-refractivity contribution in [3.05, 3.63) is 64.7 Å². The summed E-state index contributed by atoms with van der Waals surface area (Å²) >= 11 is 1.82. The molecule has 0 aliphatic carbocycles. The lowest BCUT2D eigenvalue weighted by Crippen LogP contribution is -2.52. The van der Waals surface area contributed by atoms with E-state index in [0.29, 0.717) is 36.9 Å². The third-order valence-electron chi connectivity index (χ3n) is 7.47. The van der Waals surface area contributed by atoms with E-state index in [4.69, 9.17) is 4.74 Å². The summed E-state index contributed by atoms with van der Waals surface area (Å²) in [6.45, 7) is 7.27. The van der Waals surface area contributed by atoms with E-state index in [1.165, 1.54) is 5.56 Å². The van der Waals surface area contributed by atoms with E-state index in [1.807, 2.05) is 24.1 Å². The summed E-state index contributed by atoms with van der Waals surface area (Å²) in [7, 11) is 0. The molecule has 36 heavy (non-hydrogen) atoms. The van der Waals surface area contributed by atoms with Crippen LogP contribution in [0.15, 0.2) is 42.5 Å². The minimum absolute atomic E-state index is 0.193. The van der Waals surface area contributed by atoms with E-state index in [1.54, 1.807) is 11.0 Å². The first-order chi connectivity index (χ1) is 17.4. The average Bonchev–Trinajstić information content (AvgIpc) is 3.24. The smallest absolute Gasteiger partial charge is 0.255 e. The van der Waals surface area contributed by atoms with Gasteiger partial charge in [0, 0.05) is 49.8 Å². The number of piperidine rings is 1. The van der Waals surface area contributed by atoms with E-state index >= 15 is 0 Å². The third kappa shape index (κ3) is 5.00. The summed E-state index contributed by atoms with van der Waals surface area (Å²) in [6.07, 6.45) is 2.72. The van der Waals surface area contributed by atoms with Gasteiger partial charge in [-0.15, -0.1) is 0 Å². The first kappa shape index (κ1) is 24.8. The number of nitrogens with one attached hydrogen (secondary N) is 1. The lowest BCUT2D eigenvalue weighted by molar-refractivity contribution is -0.136. The molecule has 2 saturated heterocycles. The minimum atomic E-state index is -0.631. The first-order valence-corrected chi connectivity index (χ1v) is 13.6. The molecule has 3 aliphatic rings. The van der Waals surface area contributed by atoms with Crippen LogP contribution in [0, 0.1) is 0 Å². The van der Waals surface area contributed by atoms with Crippen molar-refractivity contribution in [3.63, 3.8) is 0 Å². The molecule has 190 valence electrons. The summed E-state index contributed by atoms with van der Waals surface area (Å²) in [4.78, 5) is 40.9. The van der Waals surface area contributed by atoms with Crippen LogP contribution in [-0.4, -0.2) is 70.3 Å². The number of ether oxygens (including phenoxy) is 1. The average molecular weight is 509 g/mol. The van der Waals surface area contributed by atoms with E-state index in [2.05, 4.69) is 52.0 Å².